The Labute approximate surface area is 786 Å². The molecule has 730 valence electrons. The van der Waals surface area contributed by atoms with Gasteiger partial charge in [0.25, 0.3) is 5.92 Å². The van der Waals surface area contributed by atoms with Crippen LogP contribution >= 0.6 is 0 Å². The van der Waals surface area contributed by atoms with Crippen molar-refractivity contribution in [3.05, 3.63) is 60.7 Å². The highest BCUT2D eigenvalue weighted by atomic mass is 32.2. The molecule has 0 radical (unpaired) electrons. The number of halogens is 2. The van der Waals surface area contributed by atoms with Crippen molar-refractivity contribution in [2.24, 2.45) is 5.73 Å². The molecule has 10 saturated heterocycles. The summed E-state index contributed by atoms with van der Waals surface area (Å²) in [6.07, 6.45) is 16.5. The lowest BCUT2D eigenvalue weighted by molar-refractivity contribution is -0.0222. The predicted octanol–water partition coefficient (Wildman–Crippen LogP) is 11.6. The van der Waals surface area contributed by atoms with Crippen LogP contribution in [0.4, 0.5) is 67.6 Å². The van der Waals surface area contributed by atoms with E-state index < -0.39 is 25.6 Å². The maximum absolute atomic E-state index is 13.5. The third-order valence-corrected chi connectivity index (χ3v) is 29.7. The topological polar surface area (TPSA) is 406 Å². The molecule has 0 spiro atoms. The minimum absolute atomic E-state index is 0.0956. The molecule has 6 N–H and O–H groups in total. The SMILES string of the molecule is COc1cc2c(N3CCCS(=O)(=O)C3)nc(N3CCC(F)(F)CC3)nc2cc1O.COc1cc2nc(N3CCCC3)nc(N3CCCC(N)C3)c2cc1OC.COc1cc2nc(N3CCCC3)nc(N3CCCC(O)C3)c2cc1OC.COc1cc2nc(N3CCCC3)nc(NC3CCCOC3)c2cc1OC.COc1cc2nc(N3CCCC3)nc(NC3CCCS(=O)(=O)C3)c2cc1OC. The van der Waals surface area contributed by atoms with Crippen LogP contribution in [0.25, 0.3) is 54.5 Å². The molecule has 135 heavy (non-hydrogen) atoms. The summed E-state index contributed by atoms with van der Waals surface area (Å²) in [7, 11) is 8.18. The molecular weight excluding hydrogens is 1780 g/mol. The smallest absolute Gasteiger partial charge is 0.251 e. The van der Waals surface area contributed by atoms with Crippen molar-refractivity contribution in [1.29, 1.82) is 0 Å². The largest absolute Gasteiger partial charge is 0.504 e. The molecule has 10 aliphatic heterocycles. The fourth-order valence-electron chi connectivity index (χ4n) is 19.1. The average molecular weight is 1910 g/mol. The number of aliphatic hydroxyl groups excluding tert-OH is 1. The molecule has 0 bridgehead atoms. The van der Waals surface area contributed by atoms with Gasteiger partial charge >= 0.3 is 0 Å². The minimum Gasteiger partial charge on any atom is -0.504 e. The first-order valence-electron chi connectivity index (χ1n) is 47.0. The highest BCUT2D eigenvalue weighted by Crippen LogP contribution is 2.45. The zero-order valence-corrected chi connectivity index (χ0v) is 80.3. The van der Waals surface area contributed by atoms with Gasteiger partial charge in [-0.1, -0.05) is 0 Å². The number of piperidine rings is 3. The van der Waals surface area contributed by atoms with Gasteiger partial charge in [-0.05, 0) is 139 Å². The number of nitrogens with two attached hydrogens (primary N) is 1. The molecule has 41 heteroatoms. The molecule has 4 unspecified atom stereocenters. The van der Waals surface area contributed by atoms with Crippen LogP contribution < -0.4 is 98.2 Å². The van der Waals surface area contributed by atoms with Gasteiger partial charge in [-0.25, -0.2) is 50.5 Å². The summed E-state index contributed by atoms with van der Waals surface area (Å²) >= 11 is 0. The third-order valence-electron chi connectivity index (χ3n) is 26.3. The molecule has 0 saturated carbocycles. The molecule has 10 aliphatic rings. The first-order chi connectivity index (χ1) is 65.3. The number of methoxy groups -OCH3 is 9. The molecule has 5 aromatic heterocycles. The molecule has 10 aromatic rings. The van der Waals surface area contributed by atoms with Crippen molar-refractivity contribution in [1.82, 2.24) is 49.8 Å². The molecule has 10 fully saturated rings. The average Bonchev–Trinajstić information content (AvgIpc) is 1.55. The zero-order chi connectivity index (χ0) is 94.7. The molecule has 5 aromatic carbocycles. The Balaban J connectivity index is 0.000000123. The number of sulfone groups is 2. The zero-order valence-electron chi connectivity index (χ0n) is 78.7. The van der Waals surface area contributed by atoms with Crippen LogP contribution in [0.1, 0.15) is 122 Å². The monoisotopic (exact) mass is 1910 g/mol. The van der Waals surface area contributed by atoms with Crippen LogP contribution in [-0.2, 0) is 24.4 Å². The Hall–Kier alpha value is -11.6. The van der Waals surface area contributed by atoms with E-state index in [0.29, 0.717) is 107 Å². The molecular formula is C94H127F2N21O16S2. The molecule has 0 amide bonds. The number of nitrogens with one attached hydrogen (secondary N) is 2. The summed E-state index contributed by atoms with van der Waals surface area (Å²) < 4.78 is 130. The number of aliphatic hydroxyl groups is 1. The summed E-state index contributed by atoms with van der Waals surface area (Å²) in [6, 6.07) is 18.6. The second-order valence-electron chi connectivity index (χ2n) is 35.8. The quantitative estimate of drug-likeness (QED) is 0.0446. The normalized spacial score (nSPS) is 21.0. The Morgan fingerprint density at radius 2 is 0.711 bits per heavy atom. The summed E-state index contributed by atoms with van der Waals surface area (Å²) in [5.74, 6) is 9.94. The molecule has 0 aliphatic carbocycles. The van der Waals surface area contributed by atoms with E-state index in [1.807, 2.05) is 48.5 Å². The fraction of sp³-hybridized carbons (Fsp3) is 0.574. The van der Waals surface area contributed by atoms with Gasteiger partial charge in [-0.2, -0.15) is 24.9 Å². The number of β-amino-alcohol motifs (C(OH)–C–C–N with tert-alkyl or cyclic N) is 1. The Bertz CT molecular complexity index is 5920. The summed E-state index contributed by atoms with van der Waals surface area (Å²) in [4.78, 5) is 64.4. The van der Waals surface area contributed by atoms with Crippen molar-refractivity contribution < 1.29 is 83.2 Å². The standard InChI is InChI=1S/C19H27N5O2.C19H26N4O4S.2C19H26N4O3.C18H22F2N4O4S/c1-25-16-10-14-15(11-17(16)26-2)21-19(23-7-3-4-8-23)22-18(14)24-9-5-6-13(20)12-24;1-26-16-10-14-15(11-17(16)27-2)21-19(23-7-3-4-8-23)22-18(14)20-13-6-5-9-28(24,25)12-13;1-25-16-10-14-15(11-17(16)26-2)20-19(22-7-3-4-8-22)21-18(14)23-9-5-6-13(24)12-23;1-24-16-10-14-15(11-17(16)25-2)21-19(23-7-3-4-8-23)22-18(14)20-13-6-5-9-26-12-13;1-28-15-9-12-13(10-14(15)25)21-17(23-6-3-18(19,20)4-7-23)22-16(12)24-5-2-8-29(26,27)11-24/h10-11,13H,3-9,12,20H2,1-2H3;10-11,13H,3-9,12H2,1-2H3,(H,20,21,22);10-11,13,24H,3-9,12H2,1-2H3;10-11,13H,3-9,12H2,1-2H3,(H,20,21,22);9-10,25H,2-8,11H2,1H3. The van der Waals surface area contributed by atoms with Gasteiger partial charge in [0, 0.05) is 187 Å². The van der Waals surface area contributed by atoms with E-state index in [1.54, 1.807) is 72.7 Å². The Morgan fingerprint density at radius 1 is 0.370 bits per heavy atom. The number of aromatic nitrogens is 10. The van der Waals surface area contributed by atoms with Crippen molar-refractivity contribution in [2.45, 2.75) is 152 Å². The van der Waals surface area contributed by atoms with Crippen molar-refractivity contribution in [3.63, 3.8) is 0 Å². The number of ether oxygens (including phenoxy) is 10. The van der Waals surface area contributed by atoms with E-state index in [0.717, 1.165) is 215 Å². The number of rotatable bonds is 21. The maximum atomic E-state index is 13.5. The highest BCUT2D eigenvalue weighted by Gasteiger charge is 2.38. The minimum atomic E-state index is -3.25. The number of hydrogen-bond donors (Lipinski definition) is 5. The van der Waals surface area contributed by atoms with Crippen LogP contribution in [0.3, 0.4) is 0 Å². The number of nitrogens with zero attached hydrogens (tertiary/aromatic N) is 18. The lowest BCUT2D eigenvalue weighted by atomic mass is 10.1. The number of anilines is 10. The number of phenolic OH excluding ortho intramolecular Hbond substituents is 1. The van der Waals surface area contributed by atoms with Crippen LogP contribution in [0, 0.1) is 0 Å². The van der Waals surface area contributed by atoms with E-state index in [1.165, 1.54) is 51.7 Å². The number of fused-ring (bicyclic) bond motifs is 5. The van der Waals surface area contributed by atoms with E-state index in [4.69, 9.17) is 93.0 Å². The van der Waals surface area contributed by atoms with Gasteiger partial charge < -0.3 is 113 Å². The molecule has 37 nitrogen and oxygen atoms in total. The lowest BCUT2D eigenvalue weighted by Gasteiger charge is -2.33. The predicted molar refractivity (Wildman–Crippen MR) is 521 cm³/mol. The lowest BCUT2D eigenvalue weighted by Crippen LogP contribution is -2.43. The summed E-state index contributed by atoms with van der Waals surface area (Å²) in [5.41, 5.74) is 9.95. The number of hydrogen-bond acceptors (Lipinski definition) is 37. The van der Waals surface area contributed by atoms with Gasteiger partial charge in [0.05, 0.1) is 128 Å². The molecule has 4 atom stereocenters. The van der Waals surface area contributed by atoms with Crippen molar-refractivity contribution in [3.8, 4) is 57.5 Å². The van der Waals surface area contributed by atoms with E-state index in [9.17, 15) is 35.8 Å². The first kappa shape index (κ1) is 96.6. The number of alkyl halides is 2. The van der Waals surface area contributed by atoms with Crippen molar-refractivity contribution in [2.75, 3.05) is 248 Å². The van der Waals surface area contributed by atoms with Gasteiger partial charge in [-0.3, -0.25) is 0 Å². The number of phenols is 1. The van der Waals surface area contributed by atoms with Gasteiger partial charge in [0.2, 0.25) is 29.7 Å². The van der Waals surface area contributed by atoms with E-state index in [-0.39, 0.29) is 90.7 Å². The number of aromatic hydroxyl groups is 1. The van der Waals surface area contributed by atoms with Crippen LogP contribution in [0.2, 0.25) is 0 Å². The third kappa shape index (κ3) is 22.9. The molecule has 20 rings (SSSR count). The highest BCUT2D eigenvalue weighted by molar-refractivity contribution is 7.91. The summed E-state index contributed by atoms with van der Waals surface area (Å²) in [6.45, 7) is 13.4. The molecule has 15 heterocycles. The fourth-order valence-corrected chi connectivity index (χ4v) is 22.2. The second kappa shape index (κ2) is 43.2. The van der Waals surface area contributed by atoms with Gasteiger partial charge in [0.1, 0.15) is 35.0 Å². The second-order valence-corrected chi connectivity index (χ2v) is 40.2. The maximum Gasteiger partial charge on any atom is 0.251 e. The van der Waals surface area contributed by atoms with E-state index >= 15 is 0 Å². The first-order valence-corrected chi connectivity index (χ1v) is 50.6. The number of benzene rings is 5. The van der Waals surface area contributed by atoms with Crippen LogP contribution in [0.15, 0.2) is 60.7 Å². The van der Waals surface area contributed by atoms with Gasteiger partial charge in [0.15, 0.2) is 77.2 Å². The van der Waals surface area contributed by atoms with Crippen LogP contribution in [-0.4, -0.2) is 306 Å². The van der Waals surface area contributed by atoms with Crippen LogP contribution in [0.5, 0.6) is 57.5 Å². The van der Waals surface area contributed by atoms with E-state index in [2.05, 4.69) is 50.0 Å². The summed E-state index contributed by atoms with van der Waals surface area (Å²) in [5, 5.41) is 31.4. The Morgan fingerprint density at radius 3 is 1.11 bits per heavy atom. The Kier molecular flexibility index (Phi) is 30.9. The van der Waals surface area contributed by atoms with Gasteiger partial charge in [-0.15, -0.1) is 0 Å². The van der Waals surface area contributed by atoms with Crippen molar-refractivity contribution >= 4 is 133 Å².